The summed E-state index contributed by atoms with van der Waals surface area (Å²) in [6.45, 7) is 0.345. The molecule has 0 saturated carbocycles. The second kappa shape index (κ2) is 7.97. The molecule has 0 bridgehead atoms. The first-order valence-electron chi connectivity index (χ1n) is 6.84. The maximum absolute atomic E-state index is 12.5. The van der Waals surface area contributed by atoms with Gasteiger partial charge < -0.3 is 9.69 Å². The number of anilines is 1. The van der Waals surface area contributed by atoms with E-state index in [1.54, 1.807) is 41.3 Å². The van der Waals surface area contributed by atoms with E-state index in [1.807, 2.05) is 12.1 Å². The summed E-state index contributed by atoms with van der Waals surface area (Å²) in [5.41, 5.74) is 1.60. The zero-order valence-corrected chi connectivity index (χ0v) is 13.3. The largest absolute Gasteiger partial charge is 0.312 e. The number of carbonyl (C=O) groups is 2. The van der Waals surface area contributed by atoms with Crippen molar-refractivity contribution in [2.75, 3.05) is 11.4 Å². The van der Waals surface area contributed by atoms with Crippen molar-refractivity contribution in [2.24, 2.45) is 0 Å². The standard InChI is InChI=1S/C17H15Cl2NO2/c18-14-4-2-13(3-5-14)12-17(22)20(10-1-11-21)16-8-6-15(19)7-9-16/h2-9,11H,1,10,12H2. The Morgan fingerprint density at radius 2 is 1.50 bits per heavy atom. The lowest BCUT2D eigenvalue weighted by molar-refractivity contribution is -0.118. The van der Waals surface area contributed by atoms with Crippen LogP contribution in [0.3, 0.4) is 0 Å². The molecule has 2 aromatic carbocycles. The average Bonchev–Trinajstić information content (AvgIpc) is 2.51. The van der Waals surface area contributed by atoms with Gasteiger partial charge in [-0.15, -0.1) is 0 Å². The number of amides is 1. The Morgan fingerprint density at radius 3 is 2.05 bits per heavy atom. The fourth-order valence-electron chi connectivity index (χ4n) is 2.07. The molecule has 0 N–H and O–H groups in total. The molecule has 5 heteroatoms. The number of rotatable bonds is 6. The molecule has 2 aromatic rings. The molecule has 114 valence electrons. The Kier molecular flexibility index (Phi) is 5.99. The maximum atomic E-state index is 12.5. The van der Waals surface area contributed by atoms with Gasteiger partial charge >= 0.3 is 0 Å². The van der Waals surface area contributed by atoms with Crippen molar-refractivity contribution in [3.8, 4) is 0 Å². The first-order chi connectivity index (χ1) is 10.6. The summed E-state index contributed by atoms with van der Waals surface area (Å²) < 4.78 is 0. The maximum Gasteiger partial charge on any atom is 0.231 e. The lowest BCUT2D eigenvalue weighted by Gasteiger charge is -2.22. The van der Waals surface area contributed by atoms with Crippen LogP contribution < -0.4 is 4.90 Å². The van der Waals surface area contributed by atoms with Crippen LogP contribution in [0, 0.1) is 0 Å². The Balaban J connectivity index is 2.16. The molecule has 0 atom stereocenters. The van der Waals surface area contributed by atoms with Gasteiger partial charge in [0.25, 0.3) is 0 Å². The second-order valence-electron chi connectivity index (χ2n) is 4.78. The van der Waals surface area contributed by atoms with Crippen LogP contribution in [-0.2, 0) is 16.0 Å². The van der Waals surface area contributed by atoms with E-state index in [4.69, 9.17) is 23.2 Å². The summed E-state index contributed by atoms with van der Waals surface area (Å²) in [5, 5.41) is 1.23. The highest BCUT2D eigenvalue weighted by atomic mass is 35.5. The fourth-order valence-corrected chi connectivity index (χ4v) is 2.32. The van der Waals surface area contributed by atoms with Crippen LogP contribution in [-0.4, -0.2) is 18.7 Å². The number of aldehydes is 1. The van der Waals surface area contributed by atoms with Gasteiger partial charge in [-0.05, 0) is 42.0 Å². The van der Waals surface area contributed by atoms with E-state index < -0.39 is 0 Å². The van der Waals surface area contributed by atoms with Gasteiger partial charge in [0, 0.05) is 28.7 Å². The third-order valence-corrected chi connectivity index (χ3v) is 3.68. The molecule has 0 heterocycles. The van der Waals surface area contributed by atoms with Crippen LogP contribution in [0.2, 0.25) is 10.0 Å². The molecule has 3 nitrogen and oxygen atoms in total. The van der Waals surface area contributed by atoms with E-state index >= 15 is 0 Å². The molecule has 2 rings (SSSR count). The first kappa shape index (κ1) is 16.5. The molecule has 0 unspecified atom stereocenters. The van der Waals surface area contributed by atoms with Crippen LogP contribution in [0.5, 0.6) is 0 Å². The van der Waals surface area contributed by atoms with E-state index in [2.05, 4.69) is 0 Å². The summed E-state index contributed by atoms with van der Waals surface area (Å²) in [6, 6.07) is 14.1. The van der Waals surface area contributed by atoms with Crippen molar-refractivity contribution < 1.29 is 9.59 Å². The van der Waals surface area contributed by atoms with Crippen molar-refractivity contribution in [3.05, 3.63) is 64.1 Å². The molecule has 0 radical (unpaired) electrons. The number of hydrogen-bond donors (Lipinski definition) is 0. The highest BCUT2D eigenvalue weighted by molar-refractivity contribution is 6.30. The molecule has 0 saturated heterocycles. The number of benzene rings is 2. The van der Waals surface area contributed by atoms with Crippen LogP contribution in [0.25, 0.3) is 0 Å². The van der Waals surface area contributed by atoms with Crippen molar-refractivity contribution in [1.29, 1.82) is 0 Å². The minimum absolute atomic E-state index is 0.0773. The van der Waals surface area contributed by atoms with Gasteiger partial charge in [0.1, 0.15) is 6.29 Å². The average molecular weight is 336 g/mol. The molecular formula is C17H15Cl2NO2. The quantitative estimate of drug-likeness (QED) is 0.743. The number of hydrogen-bond acceptors (Lipinski definition) is 2. The van der Waals surface area contributed by atoms with Crippen LogP contribution >= 0.6 is 23.2 Å². The highest BCUT2D eigenvalue weighted by Gasteiger charge is 2.16. The molecule has 0 spiro atoms. The molecule has 1 amide bonds. The van der Waals surface area contributed by atoms with Gasteiger partial charge in [0.15, 0.2) is 0 Å². The summed E-state index contributed by atoms with van der Waals surface area (Å²) in [5.74, 6) is -0.0773. The molecule has 0 aromatic heterocycles. The summed E-state index contributed by atoms with van der Waals surface area (Å²) in [7, 11) is 0. The third-order valence-electron chi connectivity index (χ3n) is 3.18. The minimum Gasteiger partial charge on any atom is -0.312 e. The van der Waals surface area contributed by atoms with Crippen molar-refractivity contribution in [1.82, 2.24) is 0 Å². The van der Waals surface area contributed by atoms with E-state index in [-0.39, 0.29) is 18.7 Å². The summed E-state index contributed by atoms with van der Waals surface area (Å²) >= 11 is 11.7. The topological polar surface area (TPSA) is 37.4 Å². The van der Waals surface area contributed by atoms with Gasteiger partial charge in [-0.3, -0.25) is 4.79 Å². The Labute approximate surface area is 139 Å². The molecule has 0 aliphatic carbocycles. The smallest absolute Gasteiger partial charge is 0.231 e. The SMILES string of the molecule is O=CCCN(C(=O)Cc1ccc(Cl)cc1)c1ccc(Cl)cc1. The third kappa shape index (κ3) is 4.58. The first-order valence-corrected chi connectivity index (χ1v) is 7.60. The lowest BCUT2D eigenvalue weighted by atomic mass is 10.1. The van der Waals surface area contributed by atoms with E-state index in [0.29, 0.717) is 16.6 Å². The molecule has 0 aliphatic rings. The highest BCUT2D eigenvalue weighted by Crippen LogP contribution is 2.20. The van der Waals surface area contributed by atoms with E-state index in [0.717, 1.165) is 17.5 Å². The number of nitrogens with zero attached hydrogens (tertiary/aromatic N) is 1. The van der Waals surface area contributed by atoms with Gasteiger partial charge in [-0.2, -0.15) is 0 Å². The molecule has 0 fully saturated rings. The van der Waals surface area contributed by atoms with E-state index in [1.165, 1.54) is 0 Å². The second-order valence-corrected chi connectivity index (χ2v) is 5.65. The van der Waals surface area contributed by atoms with Gasteiger partial charge in [-0.25, -0.2) is 0 Å². The number of halogens is 2. The Morgan fingerprint density at radius 1 is 0.955 bits per heavy atom. The fraction of sp³-hybridized carbons (Fsp3) is 0.176. The predicted octanol–water partition coefficient (Wildman–Crippen LogP) is 4.16. The number of carbonyl (C=O) groups excluding carboxylic acids is 2. The summed E-state index contributed by atoms with van der Waals surface area (Å²) in [4.78, 5) is 24.8. The zero-order valence-electron chi connectivity index (χ0n) is 11.8. The van der Waals surface area contributed by atoms with Gasteiger partial charge in [-0.1, -0.05) is 35.3 Å². The predicted molar refractivity (Wildman–Crippen MR) is 89.6 cm³/mol. The monoisotopic (exact) mass is 335 g/mol. The Hall–Kier alpha value is -1.84. The van der Waals surface area contributed by atoms with Crippen molar-refractivity contribution >= 4 is 41.1 Å². The van der Waals surface area contributed by atoms with Gasteiger partial charge in [0.05, 0.1) is 6.42 Å². The molecule has 22 heavy (non-hydrogen) atoms. The molecule has 0 aliphatic heterocycles. The van der Waals surface area contributed by atoms with E-state index in [9.17, 15) is 9.59 Å². The Bertz CT molecular complexity index is 639. The lowest BCUT2D eigenvalue weighted by Crippen LogP contribution is -2.33. The van der Waals surface area contributed by atoms with Crippen molar-refractivity contribution in [3.63, 3.8) is 0 Å². The minimum atomic E-state index is -0.0773. The molecular weight excluding hydrogens is 321 g/mol. The van der Waals surface area contributed by atoms with Gasteiger partial charge in [0.2, 0.25) is 5.91 Å². The normalized spacial score (nSPS) is 10.3. The van der Waals surface area contributed by atoms with Crippen molar-refractivity contribution in [2.45, 2.75) is 12.8 Å². The van der Waals surface area contributed by atoms with Crippen LogP contribution in [0.4, 0.5) is 5.69 Å². The van der Waals surface area contributed by atoms with Crippen LogP contribution in [0.1, 0.15) is 12.0 Å². The summed E-state index contributed by atoms with van der Waals surface area (Å²) in [6.07, 6.45) is 1.34. The zero-order chi connectivity index (χ0) is 15.9. The van der Waals surface area contributed by atoms with Crippen LogP contribution in [0.15, 0.2) is 48.5 Å².